The van der Waals surface area contributed by atoms with Crippen LogP contribution in [0.2, 0.25) is 0 Å². The topological polar surface area (TPSA) is 83.6 Å². The molecule has 1 aromatic heterocycles. The van der Waals surface area contributed by atoms with Gasteiger partial charge < -0.3 is 14.5 Å². The molecule has 132 valence electrons. The van der Waals surface area contributed by atoms with Crippen molar-refractivity contribution in [2.24, 2.45) is 5.92 Å². The number of nitrogens with zero attached hydrogens (tertiary/aromatic N) is 2. The molecular formula is C19H22N2O4. The number of carboxylic acids is 1. The van der Waals surface area contributed by atoms with Gasteiger partial charge in [0, 0.05) is 24.2 Å². The van der Waals surface area contributed by atoms with Gasteiger partial charge in [0.1, 0.15) is 5.76 Å². The lowest BCUT2D eigenvalue weighted by molar-refractivity contribution is -0.143. The van der Waals surface area contributed by atoms with Crippen LogP contribution < -0.4 is 0 Å². The number of carboxylic acid groups (broad SMARTS) is 1. The Balaban J connectivity index is 1.86. The SMILES string of the molecule is Cc1cc(-c2c(C)noc2C)ccc1C(=O)N1CCCC(C(=O)O)C1. The molecule has 1 fully saturated rings. The molecule has 1 saturated heterocycles. The zero-order valence-corrected chi connectivity index (χ0v) is 14.7. The van der Waals surface area contributed by atoms with Crippen LogP contribution in [0.4, 0.5) is 0 Å². The average Bonchev–Trinajstić information content (AvgIpc) is 2.93. The summed E-state index contributed by atoms with van der Waals surface area (Å²) in [6.07, 6.45) is 1.35. The Labute approximate surface area is 146 Å². The highest BCUT2D eigenvalue weighted by Crippen LogP contribution is 2.29. The van der Waals surface area contributed by atoms with Crippen molar-refractivity contribution in [3.63, 3.8) is 0 Å². The first kappa shape index (κ1) is 17.2. The molecule has 2 heterocycles. The van der Waals surface area contributed by atoms with Gasteiger partial charge in [-0.2, -0.15) is 0 Å². The van der Waals surface area contributed by atoms with E-state index >= 15 is 0 Å². The van der Waals surface area contributed by atoms with Crippen molar-refractivity contribution >= 4 is 11.9 Å². The molecule has 1 atom stereocenters. The van der Waals surface area contributed by atoms with Crippen LogP contribution in [0.1, 0.15) is 40.2 Å². The molecule has 6 nitrogen and oxygen atoms in total. The molecule has 1 unspecified atom stereocenters. The van der Waals surface area contributed by atoms with E-state index in [-0.39, 0.29) is 12.5 Å². The highest BCUT2D eigenvalue weighted by Gasteiger charge is 2.29. The van der Waals surface area contributed by atoms with Gasteiger partial charge in [0.25, 0.3) is 5.91 Å². The summed E-state index contributed by atoms with van der Waals surface area (Å²) in [7, 11) is 0. The Kier molecular flexibility index (Phi) is 4.61. The molecule has 0 radical (unpaired) electrons. The fraction of sp³-hybridized carbons (Fsp3) is 0.421. The molecule has 2 aromatic rings. The number of aryl methyl sites for hydroxylation is 3. The largest absolute Gasteiger partial charge is 0.481 e. The van der Waals surface area contributed by atoms with E-state index in [0.29, 0.717) is 18.5 Å². The number of hydrogen-bond acceptors (Lipinski definition) is 4. The fourth-order valence-corrected chi connectivity index (χ4v) is 3.49. The molecule has 1 amide bonds. The van der Waals surface area contributed by atoms with Crippen molar-refractivity contribution in [3.05, 3.63) is 40.8 Å². The Morgan fingerprint density at radius 2 is 2.04 bits per heavy atom. The summed E-state index contributed by atoms with van der Waals surface area (Å²) >= 11 is 0. The first-order chi connectivity index (χ1) is 11.9. The van der Waals surface area contributed by atoms with Crippen LogP contribution in [-0.2, 0) is 4.79 Å². The molecule has 0 saturated carbocycles. The number of aromatic nitrogens is 1. The van der Waals surface area contributed by atoms with Gasteiger partial charge in [-0.25, -0.2) is 0 Å². The normalized spacial score (nSPS) is 17.6. The second-order valence-electron chi connectivity index (χ2n) is 6.66. The highest BCUT2D eigenvalue weighted by molar-refractivity contribution is 5.96. The second-order valence-corrected chi connectivity index (χ2v) is 6.66. The molecule has 0 aliphatic carbocycles. The maximum Gasteiger partial charge on any atom is 0.308 e. The number of carbonyl (C=O) groups is 2. The maximum absolute atomic E-state index is 12.8. The molecule has 1 N–H and O–H groups in total. The van der Waals surface area contributed by atoms with Gasteiger partial charge in [0.15, 0.2) is 0 Å². The Morgan fingerprint density at radius 3 is 2.64 bits per heavy atom. The van der Waals surface area contributed by atoms with Crippen LogP contribution >= 0.6 is 0 Å². The standard InChI is InChI=1S/C19H22N2O4/c1-11-9-14(17-12(2)20-25-13(17)3)6-7-16(11)18(22)21-8-4-5-15(10-21)19(23)24/h6-7,9,15H,4-5,8,10H2,1-3H3,(H,23,24). The zero-order chi connectivity index (χ0) is 18.1. The smallest absolute Gasteiger partial charge is 0.308 e. The van der Waals surface area contributed by atoms with Gasteiger partial charge >= 0.3 is 5.97 Å². The lowest BCUT2D eigenvalue weighted by Gasteiger charge is -2.31. The van der Waals surface area contributed by atoms with E-state index in [1.165, 1.54) is 0 Å². The van der Waals surface area contributed by atoms with E-state index in [1.807, 2.05) is 39.0 Å². The average molecular weight is 342 g/mol. The van der Waals surface area contributed by atoms with Crippen LogP contribution in [0, 0.1) is 26.7 Å². The lowest BCUT2D eigenvalue weighted by Crippen LogP contribution is -2.42. The van der Waals surface area contributed by atoms with Crippen molar-refractivity contribution in [3.8, 4) is 11.1 Å². The van der Waals surface area contributed by atoms with Gasteiger partial charge in [-0.05, 0) is 50.8 Å². The quantitative estimate of drug-likeness (QED) is 0.926. The van der Waals surface area contributed by atoms with Crippen LogP contribution in [0.3, 0.4) is 0 Å². The van der Waals surface area contributed by atoms with Crippen LogP contribution in [0.5, 0.6) is 0 Å². The van der Waals surface area contributed by atoms with Crippen LogP contribution in [0.15, 0.2) is 22.7 Å². The molecule has 0 bridgehead atoms. The van der Waals surface area contributed by atoms with E-state index in [2.05, 4.69) is 5.16 Å². The Bertz CT molecular complexity index is 805. The monoisotopic (exact) mass is 342 g/mol. The van der Waals surface area contributed by atoms with E-state index < -0.39 is 11.9 Å². The van der Waals surface area contributed by atoms with E-state index in [1.54, 1.807) is 4.90 Å². The second kappa shape index (κ2) is 6.70. The number of rotatable bonds is 3. The predicted octanol–water partition coefficient (Wildman–Crippen LogP) is 3.20. The van der Waals surface area contributed by atoms with Crippen LogP contribution in [-0.4, -0.2) is 40.1 Å². The summed E-state index contributed by atoms with van der Waals surface area (Å²) in [5.74, 6) is -0.660. The van der Waals surface area contributed by atoms with E-state index in [4.69, 9.17) is 4.52 Å². The highest BCUT2D eigenvalue weighted by atomic mass is 16.5. The minimum absolute atomic E-state index is 0.103. The molecule has 0 spiro atoms. The summed E-state index contributed by atoms with van der Waals surface area (Å²) in [5, 5.41) is 13.2. The summed E-state index contributed by atoms with van der Waals surface area (Å²) < 4.78 is 5.22. The number of likely N-dealkylation sites (tertiary alicyclic amines) is 1. The number of amides is 1. The number of aliphatic carboxylic acids is 1. The Morgan fingerprint density at radius 1 is 1.28 bits per heavy atom. The van der Waals surface area contributed by atoms with Crippen molar-refractivity contribution in [2.45, 2.75) is 33.6 Å². The van der Waals surface area contributed by atoms with E-state index in [9.17, 15) is 14.7 Å². The molecule has 25 heavy (non-hydrogen) atoms. The van der Waals surface area contributed by atoms with Crippen molar-refractivity contribution in [1.82, 2.24) is 10.1 Å². The predicted molar refractivity (Wildman–Crippen MR) is 92.4 cm³/mol. The molecule has 3 rings (SSSR count). The molecule has 1 aliphatic heterocycles. The summed E-state index contributed by atoms with van der Waals surface area (Å²) in [6, 6.07) is 5.66. The fourth-order valence-electron chi connectivity index (χ4n) is 3.49. The number of piperidine rings is 1. The molecule has 1 aliphatic rings. The van der Waals surface area contributed by atoms with Crippen molar-refractivity contribution < 1.29 is 19.2 Å². The van der Waals surface area contributed by atoms with Crippen LogP contribution in [0.25, 0.3) is 11.1 Å². The maximum atomic E-state index is 12.8. The third kappa shape index (κ3) is 3.29. The summed E-state index contributed by atoms with van der Waals surface area (Å²) in [4.78, 5) is 25.7. The molecule has 1 aromatic carbocycles. The van der Waals surface area contributed by atoms with Gasteiger partial charge in [-0.1, -0.05) is 17.3 Å². The lowest BCUT2D eigenvalue weighted by atomic mass is 9.95. The van der Waals surface area contributed by atoms with Crippen molar-refractivity contribution in [2.75, 3.05) is 13.1 Å². The minimum atomic E-state index is -0.831. The van der Waals surface area contributed by atoms with E-state index in [0.717, 1.165) is 34.6 Å². The van der Waals surface area contributed by atoms with Gasteiger partial charge in [0.2, 0.25) is 0 Å². The van der Waals surface area contributed by atoms with Gasteiger partial charge in [0.05, 0.1) is 11.6 Å². The number of hydrogen-bond donors (Lipinski definition) is 1. The summed E-state index contributed by atoms with van der Waals surface area (Å²) in [5.41, 5.74) is 4.20. The van der Waals surface area contributed by atoms with Crippen molar-refractivity contribution in [1.29, 1.82) is 0 Å². The first-order valence-electron chi connectivity index (χ1n) is 8.44. The minimum Gasteiger partial charge on any atom is -0.481 e. The first-order valence-corrected chi connectivity index (χ1v) is 8.44. The third-order valence-corrected chi connectivity index (χ3v) is 4.84. The molecular weight excluding hydrogens is 320 g/mol. The zero-order valence-electron chi connectivity index (χ0n) is 14.7. The number of benzene rings is 1. The summed E-state index contributed by atoms with van der Waals surface area (Å²) in [6.45, 7) is 6.53. The third-order valence-electron chi connectivity index (χ3n) is 4.84. The molecule has 6 heteroatoms. The van der Waals surface area contributed by atoms with Gasteiger partial charge in [-0.15, -0.1) is 0 Å². The number of carbonyl (C=O) groups excluding carboxylic acids is 1. The Hall–Kier alpha value is -2.63. The van der Waals surface area contributed by atoms with Gasteiger partial charge in [-0.3, -0.25) is 9.59 Å².